The molecule has 0 fully saturated rings. The Balaban J connectivity index is 1.57. The van der Waals surface area contributed by atoms with Gasteiger partial charge in [-0.1, -0.05) is 39.7 Å². The van der Waals surface area contributed by atoms with E-state index in [0.717, 1.165) is 26.5 Å². The van der Waals surface area contributed by atoms with Crippen molar-refractivity contribution in [2.45, 2.75) is 20.5 Å². The van der Waals surface area contributed by atoms with Gasteiger partial charge in [0.05, 0.1) is 5.56 Å². The van der Waals surface area contributed by atoms with Gasteiger partial charge in [0, 0.05) is 32.9 Å². The Labute approximate surface area is 197 Å². The summed E-state index contributed by atoms with van der Waals surface area (Å²) < 4.78 is 17.7. The van der Waals surface area contributed by atoms with E-state index in [0.29, 0.717) is 40.0 Å². The molecule has 164 valence electrons. The molecule has 0 radical (unpaired) electrons. The summed E-state index contributed by atoms with van der Waals surface area (Å²) in [7, 11) is 0. The Morgan fingerprint density at radius 2 is 1.67 bits per heavy atom. The van der Waals surface area contributed by atoms with Gasteiger partial charge >= 0.3 is 11.3 Å². The summed E-state index contributed by atoms with van der Waals surface area (Å²) in [5.74, 6) is 0.568. The van der Waals surface area contributed by atoms with Crippen molar-refractivity contribution in [3.8, 4) is 16.9 Å². The highest BCUT2D eigenvalue weighted by Gasteiger charge is 2.15. The largest absolute Gasteiger partial charge is 0.489 e. The van der Waals surface area contributed by atoms with Crippen LogP contribution in [0.15, 0.2) is 89.6 Å². The van der Waals surface area contributed by atoms with Gasteiger partial charge in [0.2, 0.25) is 0 Å². The molecule has 5 aromatic rings. The summed E-state index contributed by atoms with van der Waals surface area (Å²) in [4.78, 5) is 25.1. The SMILES string of the molecule is Cc1ccc(C)c(COc2ccc3c(-c4cc5cc(Br)ccc5oc4=O)cc(=O)oc3c2)c1. The molecule has 0 N–H and O–H groups in total. The molecule has 0 saturated carbocycles. The molecule has 0 amide bonds. The summed E-state index contributed by atoms with van der Waals surface area (Å²) in [5, 5.41) is 1.36. The normalized spacial score (nSPS) is 11.2. The van der Waals surface area contributed by atoms with Crippen LogP contribution < -0.4 is 16.0 Å². The minimum absolute atomic E-state index is 0.294. The van der Waals surface area contributed by atoms with E-state index in [4.69, 9.17) is 13.6 Å². The predicted molar refractivity (Wildman–Crippen MR) is 132 cm³/mol. The van der Waals surface area contributed by atoms with Crippen LogP contribution in [-0.2, 0) is 6.61 Å². The van der Waals surface area contributed by atoms with Crippen molar-refractivity contribution in [1.29, 1.82) is 0 Å². The number of ether oxygens (including phenoxy) is 1. The number of fused-ring (bicyclic) bond motifs is 2. The van der Waals surface area contributed by atoms with Crippen LogP contribution in [0.2, 0.25) is 0 Å². The number of aryl methyl sites for hydroxylation is 2. The first-order valence-corrected chi connectivity index (χ1v) is 11.2. The Morgan fingerprint density at radius 3 is 2.52 bits per heavy atom. The fraction of sp³-hybridized carbons (Fsp3) is 0.111. The van der Waals surface area contributed by atoms with Crippen molar-refractivity contribution in [3.63, 3.8) is 0 Å². The minimum Gasteiger partial charge on any atom is -0.489 e. The second-order valence-corrected chi connectivity index (χ2v) is 8.90. The third-order valence-corrected chi connectivity index (χ3v) is 6.09. The number of rotatable bonds is 4. The van der Waals surface area contributed by atoms with Crippen LogP contribution in [0.3, 0.4) is 0 Å². The van der Waals surface area contributed by atoms with Crippen molar-refractivity contribution in [2.24, 2.45) is 0 Å². The Hall–Kier alpha value is -3.64. The number of hydrogen-bond acceptors (Lipinski definition) is 5. The zero-order valence-corrected chi connectivity index (χ0v) is 19.6. The van der Waals surface area contributed by atoms with Gasteiger partial charge in [-0.25, -0.2) is 9.59 Å². The van der Waals surface area contributed by atoms with E-state index in [1.165, 1.54) is 6.07 Å². The van der Waals surface area contributed by atoms with Gasteiger partial charge in [0.1, 0.15) is 23.5 Å². The molecule has 5 rings (SSSR count). The van der Waals surface area contributed by atoms with Gasteiger partial charge in [0.25, 0.3) is 0 Å². The highest BCUT2D eigenvalue weighted by molar-refractivity contribution is 9.10. The quantitative estimate of drug-likeness (QED) is 0.261. The third kappa shape index (κ3) is 4.22. The molecule has 33 heavy (non-hydrogen) atoms. The van der Waals surface area contributed by atoms with E-state index < -0.39 is 11.3 Å². The zero-order valence-electron chi connectivity index (χ0n) is 18.0. The van der Waals surface area contributed by atoms with E-state index >= 15 is 0 Å². The molecule has 0 aliphatic rings. The van der Waals surface area contributed by atoms with Gasteiger partial charge in [-0.2, -0.15) is 0 Å². The maximum Gasteiger partial charge on any atom is 0.344 e. The third-order valence-electron chi connectivity index (χ3n) is 5.60. The Kier molecular flexibility index (Phi) is 5.38. The maximum atomic E-state index is 12.7. The second-order valence-electron chi connectivity index (χ2n) is 7.99. The fourth-order valence-corrected chi connectivity index (χ4v) is 4.23. The zero-order chi connectivity index (χ0) is 23.1. The van der Waals surface area contributed by atoms with Crippen LogP contribution in [0, 0.1) is 13.8 Å². The van der Waals surface area contributed by atoms with Crippen LogP contribution >= 0.6 is 15.9 Å². The molecule has 0 aliphatic carbocycles. The number of benzene rings is 3. The van der Waals surface area contributed by atoms with Crippen LogP contribution in [0.4, 0.5) is 0 Å². The highest BCUT2D eigenvalue weighted by atomic mass is 79.9. The van der Waals surface area contributed by atoms with Crippen LogP contribution in [0.1, 0.15) is 16.7 Å². The van der Waals surface area contributed by atoms with Crippen LogP contribution in [0.25, 0.3) is 33.1 Å². The molecule has 3 aromatic carbocycles. The standard InChI is InChI=1S/C27H19BrO5/c1-15-3-4-16(2)18(9-15)14-31-20-6-7-21-22(13-26(29)32-25(21)12-20)23-11-17-10-19(28)5-8-24(17)33-27(23)30/h3-13H,14H2,1-2H3. The smallest absolute Gasteiger partial charge is 0.344 e. The molecule has 5 nitrogen and oxygen atoms in total. The van der Waals surface area contributed by atoms with E-state index in [1.807, 2.05) is 19.9 Å². The van der Waals surface area contributed by atoms with Crippen LogP contribution in [0.5, 0.6) is 5.75 Å². The minimum atomic E-state index is -0.557. The molecule has 6 heteroatoms. The average Bonchev–Trinajstić information content (AvgIpc) is 2.78. The van der Waals surface area contributed by atoms with Crippen molar-refractivity contribution in [2.75, 3.05) is 0 Å². The number of hydrogen-bond donors (Lipinski definition) is 0. The summed E-state index contributed by atoms with van der Waals surface area (Å²) >= 11 is 3.43. The molecule has 0 spiro atoms. The van der Waals surface area contributed by atoms with Gasteiger partial charge in [-0.15, -0.1) is 0 Å². The lowest BCUT2D eigenvalue weighted by atomic mass is 10.0. The first-order valence-electron chi connectivity index (χ1n) is 10.4. The first-order chi connectivity index (χ1) is 15.9. The van der Waals surface area contributed by atoms with Crippen molar-refractivity contribution in [3.05, 3.63) is 109 Å². The lowest BCUT2D eigenvalue weighted by Gasteiger charge is -2.11. The molecule has 0 atom stereocenters. The molecule has 2 aromatic heterocycles. The Bertz CT molecular complexity index is 1650. The monoisotopic (exact) mass is 502 g/mol. The van der Waals surface area contributed by atoms with E-state index in [2.05, 4.69) is 34.1 Å². The average molecular weight is 503 g/mol. The number of halogens is 1. The Morgan fingerprint density at radius 1 is 0.818 bits per heavy atom. The van der Waals surface area contributed by atoms with Crippen molar-refractivity contribution >= 4 is 37.9 Å². The van der Waals surface area contributed by atoms with Gasteiger partial charge in [0.15, 0.2) is 0 Å². The molecule has 2 heterocycles. The molecule has 0 unspecified atom stereocenters. The molecular weight excluding hydrogens is 484 g/mol. The van der Waals surface area contributed by atoms with Crippen molar-refractivity contribution in [1.82, 2.24) is 0 Å². The summed E-state index contributed by atoms with van der Waals surface area (Å²) in [5.41, 5.74) is 3.88. The fourth-order valence-electron chi connectivity index (χ4n) is 3.85. The predicted octanol–water partition coefficient (Wildman–Crippen LogP) is 6.52. The van der Waals surface area contributed by atoms with E-state index in [9.17, 15) is 9.59 Å². The second kappa shape index (κ2) is 8.37. The van der Waals surface area contributed by atoms with Gasteiger partial charge < -0.3 is 13.6 Å². The van der Waals surface area contributed by atoms with Crippen LogP contribution in [-0.4, -0.2) is 0 Å². The van der Waals surface area contributed by atoms with E-state index in [1.54, 1.807) is 36.4 Å². The lowest BCUT2D eigenvalue weighted by molar-refractivity contribution is 0.305. The van der Waals surface area contributed by atoms with Gasteiger partial charge in [-0.05, 0) is 61.4 Å². The topological polar surface area (TPSA) is 69.7 Å². The molecule has 0 saturated heterocycles. The highest BCUT2D eigenvalue weighted by Crippen LogP contribution is 2.30. The van der Waals surface area contributed by atoms with Crippen molar-refractivity contribution < 1.29 is 13.6 Å². The summed E-state index contributed by atoms with van der Waals surface area (Å²) in [6.07, 6.45) is 0. The van der Waals surface area contributed by atoms with E-state index in [-0.39, 0.29) is 0 Å². The van der Waals surface area contributed by atoms with Gasteiger partial charge in [-0.3, -0.25) is 0 Å². The summed E-state index contributed by atoms with van der Waals surface area (Å²) in [6.45, 7) is 4.47. The first kappa shape index (κ1) is 21.2. The maximum absolute atomic E-state index is 12.7. The summed E-state index contributed by atoms with van der Waals surface area (Å²) in [6, 6.07) is 19.9. The lowest BCUT2D eigenvalue weighted by Crippen LogP contribution is -2.06. The molecule has 0 aliphatic heterocycles. The molecule has 0 bridgehead atoms. The molecular formula is C27H19BrO5.